The summed E-state index contributed by atoms with van der Waals surface area (Å²) < 4.78 is 37.3. The van der Waals surface area contributed by atoms with Gasteiger partial charge in [0.15, 0.2) is 6.29 Å². The molecular weight excluding hydrogens is 247 g/mol. The predicted octanol–water partition coefficient (Wildman–Crippen LogP) is 2.32. The first kappa shape index (κ1) is 12.5. The number of nitrogen functional groups attached to an aromatic ring is 1. The largest absolute Gasteiger partial charge is 0.418 e. The van der Waals surface area contributed by atoms with Crippen LogP contribution in [0.5, 0.6) is 0 Å². The van der Waals surface area contributed by atoms with Crippen LogP contribution in [-0.2, 0) is 11.0 Å². The maximum Gasteiger partial charge on any atom is 0.418 e. The second-order valence-electron chi connectivity index (χ2n) is 2.90. The molecule has 0 aliphatic carbocycles. The molecule has 0 unspecified atom stereocenters. The van der Waals surface area contributed by atoms with Gasteiger partial charge in [-0.05, 0) is 12.1 Å². The average molecular weight is 252 g/mol. The van der Waals surface area contributed by atoms with Crippen molar-refractivity contribution in [1.29, 1.82) is 0 Å². The van der Waals surface area contributed by atoms with E-state index >= 15 is 0 Å². The molecule has 0 aliphatic rings. The summed E-state index contributed by atoms with van der Waals surface area (Å²) in [6.07, 6.45) is -4.82. The average Bonchev–Trinajstić information content (AvgIpc) is 2.18. The van der Waals surface area contributed by atoms with E-state index in [-0.39, 0.29) is 6.29 Å². The summed E-state index contributed by atoms with van der Waals surface area (Å²) in [4.78, 5) is 21.1. The Labute approximate surface area is 93.0 Å². The summed E-state index contributed by atoms with van der Waals surface area (Å²) in [5, 5.41) is -0.417. The number of Topliss-reactive ketones (excluding diaryl/α,β-unsaturated/α-hetero) is 1. The first-order valence-corrected chi connectivity index (χ1v) is 4.31. The molecule has 0 amide bonds. The van der Waals surface area contributed by atoms with Gasteiger partial charge in [0.25, 0.3) is 0 Å². The van der Waals surface area contributed by atoms with Crippen LogP contribution in [0, 0.1) is 0 Å². The Hall–Kier alpha value is -1.56. The summed E-state index contributed by atoms with van der Waals surface area (Å²) in [6, 6.07) is 1.42. The lowest BCUT2D eigenvalue weighted by molar-refractivity contribution is -0.136. The molecule has 3 nitrogen and oxygen atoms in total. The molecule has 86 valence electrons. The molecule has 16 heavy (non-hydrogen) atoms. The van der Waals surface area contributed by atoms with Gasteiger partial charge in [-0.15, -0.1) is 0 Å². The third-order valence-electron chi connectivity index (χ3n) is 1.83. The Balaban J connectivity index is 3.45. The smallest absolute Gasteiger partial charge is 0.397 e. The second kappa shape index (κ2) is 4.13. The quantitative estimate of drug-likeness (QED) is 0.380. The van der Waals surface area contributed by atoms with Crippen LogP contribution in [0.4, 0.5) is 18.9 Å². The zero-order chi connectivity index (χ0) is 12.5. The molecule has 0 saturated heterocycles. The number of aldehydes is 1. The molecule has 0 spiro atoms. The lowest BCUT2D eigenvalue weighted by atomic mass is 10.1. The van der Waals surface area contributed by atoms with Gasteiger partial charge in [-0.3, -0.25) is 9.59 Å². The lowest BCUT2D eigenvalue weighted by Crippen LogP contribution is -2.12. The normalized spacial score (nSPS) is 11.2. The van der Waals surface area contributed by atoms with Crippen molar-refractivity contribution in [2.24, 2.45) is 0 Å². The molecule has 0 saturated carbocycles. The minimum atomic E-state index is -4.73. The highest BCUT2D eigenvalue weighted by molar-refractivity contribution is 6.36. The van der Waals surface area contributed by atoms with E-state index in [1.54, 1.807) is 0 Å². The summed E-state index contributed by atoms with van der Waals surface area (Å²) >= 11 is 5.43. The van der Waals surface area contributed by atoms with Gasteiger partial charge in [-0.2, -0.15) is 13.2 Å². The van der Waals surface area contributed by atoms with E-state index in [0.29, 0.717) is 6.07 Å². The molecule has 7 heteroatoms. The Morgan fingerprint density at radius 1 is 1.38 bits per heavy atom. The van der Waals surface area contributed by atoms with Gasteiger partial charge in [-0.25, -0.2) is 0 Å². The Kier molecular flexibility index (Phi) is 3.23. The monoisotopic (exact) mass is 251 g/mol. The third-order valence-corrected chi connectivity index (χ3v) is 2.14. The predicted molar refractivity (Wildman–Crippen MR) is 51.3 cm³/mol. The number of nitrogens with two attached hydrogens (primary N) is 1. The zero-order valence-corrected chi connectivity index (χ0v) is 8.39. The lowest BCUT2D eigenvalue weighted by Gasteiger charge is -2.12. The van der Waals surface area contributed by atoms with E-state index in [4.69, 9.17) is 17.3 Å². The van der Waals surface area contributed by atoms with Crippen molar-refractivity contribution in [3.8, 4) is 0 Å². The number of benzene rings is 1. The molecule has 1 aromatic rings. The molecule has 0 bridgehead atoms. The van der Waals surface area contributed by atoms with E-state index in [0.717, 1.165) is 6.07 Å². The van der Waals surface area contributed by atoms with Crippen LogP contribution in [0.1, 0.15) is 15.9 Å². The van der Waals surface area contributed by atoms with E-state index in [1.807, 2.05) is 0 Å². The highest BCUT2D eigenvalue weighted by Gasteiger charge is 2.34. The maximum atomic E-state index is 12.4. The van der Waals surface area contributed by atoms with Crippen molar-refractivity contribution in [2.45, 2.75) is 6.18 Å². The van der Waals surface area contributed by atoms with Crippen LogP contribution in [0.15, 0.2) is 12.1 Å². The van der Waals surface area contributed by atoms with Gasteiger partial charge < -0.3 is 5.73 Å². The highest BCUT2D eigenvalue weighted by atomic mass is 35.5. The summed E-state index contributed by atoms with van der Waals surface area (Å²) in [7, 11) is 0. The number of hydrogen-bond acceptors (Lipinski definition) is 3. The second-order valence-corrected chi connectivity index (χ2v) is 3.31. The minimum Gasteiger partial charge on any atom is -0.397 e. The van der Waals surface area contributed by atoms with Crippen molar-refractivity contribution in [3.05, 3.63) is 28.3 Å². The Bertz CT molecular complexity index is 457. The minimum absolute atomic E-state index is 0.0952. The number of ketones is 1. The van der Waals surface area contributed by atoms with Crippen molar-refractivity contribution in [1.82, 2.24) is 0 Å². The number of hydrogen-bond donors (Lipinski definition) is 1. The molecular formula is C9H5ClF3NO2. The van der Waals surface area contributed by atoms with Crippen LogP contribution in [0.3, 0.4) is 0 Å². The van der Waals surface area contributed by atoms with Crippen molar-refractivity contribution in [3.63, 3.8) is 0 Å². The van der Waals surface area contributed by atoms with E-state index < -0.39 is 33.8 Å². The molecule has 0 aliphatic heterocycles. The van der Waals surface area contributed by atoms with Gasteiger partial charge in [0, 0.05) is 5.56 Å². The standard InChI is InChI=1S/C9H5ClF3NO2/c10-6-2-4(7(16)3-15)1-5(8(6)14)9(11,12)13/h1-3H,14H2. The number of carbonyl (C=O) groups excluding carboxylic acids is 2. The van der Waals surface area contributed by atoms with Gasteiger partial charge in [0.05, 0.1) is 16.3 Å². The van der Waals surface area contributed by atoms with Crippen LogP contribution < -0.4 is 5.73 Å². The number of halogens is 4. The molecule has 0 atom stereocenters. The first-order valence-electron chi connectivity index (χ1n) is 3.93. The van der Waals surface area contributed by atoms with E-state index in [1.165, 1.54) is 0 Å². The fourth-order valence-electron chi connectivity index (χ4n) is 1.06. The van der Waals surface area contributed by atoms with Gasteiger partial charge in [0.1, 0.15) is 0 Å². The van der Waals surface area contributed by atoms with Crippen LogP contribution >= 0.6 is 11.6 Å². The molecule has 0 heterocycles. The van der Waals surface area contributed by atoms with Gasteiger partial charge in [0.2, 0.25) is 5.78 Å². The van der Waals surface area contributed by atoms with Crippen LogP contribution in [0.25, 0.3) is 0 Å². The maximum absolute atomic E-state index is 12.4. The highest BCUT2D eigenvalue weighted by Crippen LogP contribution is 2.37. The SMILES string of the molecule is Nc1c(Cl)cc(C(=O)C=O)cc1C(F)(F)F. The molecule has 0 aromatic heterocycles. The first-order chi connectivity index (χ1) is 7.27. The number of carbonyl (C=O) groups is 2. The van der Waals surface area contributed by atoms with Gasteiger partial charge in [-0.1, -0.05) is 11.6 Å². The van der Waals surface area contributed by atoms with Crippen molar-refractivity contribution < 1.29 is 22.8 Å². The molecule has 0 radical (unpaired) electrons. The van der Waals surface area contributed by atoms with Crippen LogP contribution in [-0.4, -0.2) is 12.1 Å². The molecule has 2 N–H and O–H groups in total. The molecule has 1 aromatic carbocycles. The number of alkyl halides is 3. The van der Waals surface area contributed by atoms with Crippen LogP contribution in [0.2, 0.25) is 5.02 Å². The summed E-state index contributed by atoms with van der Waals surface area (Å²) in [6.45, 7) is 0. The fraction of sp³-hybridized carbons (Fsp3) is 0.111. The van der Waals surface area contributed by atoms with Crippen molar-refractivity contribution >= 4 is 29.4 Å². The van der Waals surface area contributed by atoms with E-state index in [2.05, 4.69) is 0 Å². The molecule has 0 fully saturated rings. The zero-order valence-electron chi connectivity index (χ0n) is 7.64. The van der Waals surface area contributed by atoms with E-state index in [9.17, 15) is 22.8 Å². The Morgan fingerprint density at radius 2 is 1.94 bits per heavy atom. The summed E-state index contributed by atoms with van der Waals surface area (Å²) in [5.41, 5.74) is 2.78. The third kappa shape index (κ3) is 2.33. The summed E-state index contributed by atoms with van der Waals surface area (Å²) in [5.74, 6) is -1.09. The Morgan fingerprint density at radius 3 is 2.38 bits per heavy atom. The van der Waals surface area contributed by atoms with Gasteiger partial charge >= 0.3 is 6.18 Å². The number of anilines is 1. The topological polar surface area (TPSA) is 60.2 Å². The van der Waals surface area contributed by atoms with Crippen molar-refractivity contribution in [2.75, 3.05) is 5.73 Å². The molecule has 1 rings (SSSR count). The number of rotatable bonds is 2. The fourth-order valence-corrected chi connectivity index (χ4v) is 1.28.